The molecule has 0 saturated carbocycles. The van der Waals surface area contributed by atoms with Gasteiger partial charge in [0.25, 0.3) is 0 Å². The Kier molecular flexibility index (Phi) is 7.05. The summed E-state index contributed by atoms with van der Waals surface area (Å²) in [6.07, 6.45) is 2.92. The number of cyclic esters (lactones) is 1. The number of carbonyl (C=O) groups is 1. The van der Waals surface area contributed by atoms with Crippen molar-refractivity contribution in [1.82, 2.24) is 30.5 Å². The summed E-state index contributed by atoms with van der Waals surface area (Å²) in [5.41, 5.74) is 2.05. The van der Waals surface area contributed by atoms with Crippen molar-refractivity contribution in [3.8, 4) is 5.69 Å². The number of fused-ring (bicyclic) bond motifs is 1. The SMILES string of the molecule is O=C1O[C@@H](CNC(=S)NCCN2CCCCC2)CN1c1ccc(-n2nnc3ccccc32)c(F)c1. The first kappa shape index (κ1) is 23.4. The third kappa shape index (κ3) is 5.35. The number of nitrogens with one attached hydrogen (secondary N) is 2. The zero-order valence-electron chi connectivity index (χ0n) is 19.3. The third-order valence-electron chi connectivity index (χ3n) is 6.35. The van der Waals surface area contributed by atoms with E-state index in [9.17, 15) is 4.79 Å². The number of piperidine rings is 1. The quantitative estimate of drug-likeness (QED) is 0.482. The number of rotatable bonds is 7. The van der Waals surface area contributed by atoms with Gasteiger partial charge in [0.15, 0.2) is 10.9 Å². The Morgan fingerprint density at radius 1 is 1.14 bits per heavy atom. The smallest absolute Gasteiger partial charge is 0.414 e. The van der Waals surface area contributed by atoms with Crippen LogP contribution in [0.15, 0.2) is 42.5 Å². The lowest BCUT2D eigenvalue weighted by atomic mass is 10.1. The number of nitrogens with zero attached hydrogens (tertiary/aromatic N) is 5. The van der Waals surface area contributed by atoms with Crippen molar-refractivity contribution in [1.29, 1.82) is 0 Å². The molecule has 2 N–H and O–H groups in total. The van der Waals surface area contributed by atoms with E-state index >= 15 is 4.39 Å². The highest BCUT2D eigenvalue weighted by Crippen LogP contribution is 2.26. The number of ether oxygens (including phenoxy) is 1. The fraction of sp³-hybridized carbons (Fsp3) is 0.417. The van der Waals surface area contributed by atoms with E-state index in [0.29, 0.717) is 34.9 Å². The molecule has 5 rings (SSSR count). The van der Waals surface area contributed by atoms with Gasteiger partial charge in [-0.1, -0.05) is 23.8 Å². The van der Waals surface area contributed by atoms with Crippen LogP contribution in [0.4, 0.5) is 14.9 Å². The van der Waals surface area contributed by atoms with E-state index in [-0.39, 0.29) is 5.69 Å². The highest BCUT2D eigenvalue weighted by Gasteiger charge is 2.33. The standard InChI is InChI=1S/C24H28FN7O2S/c25-19-14-17(8-9-21(19)32-22-7-3-2-6-20(22)28-29-32)31-16-18(34-24(31)33)15-27-23(35)26-10-13-30-11-4-1-5-12-30/h2-3,6-9,14,18H,1,4-5,10-13,15-16H2,(H2,26,27,35)/t18-/m0/s1. The van der Waals surface area contributed by atoms with E-state index in [1.54, 1.807) is 12.1 Å². The third-order valence-corrected chi connectivity index (χ3v) is 6.64. The highest BCUT2D eigenvalue weighted by atomic mass is 32.1. The molecule has 0 bridgehead atoms. The van der Waals surface area contributed by atoms with Gasteiger partial charge >= 0.3 is 6.09 Å². The molecule has 1 amide bonds. The first-order chi connectivity index (χ1) is 17.1. The number of carbonyl (C=O) groups excluding carboxylic acids is 1. The van der Waals surface area contributed by atoms with Crippen molar-refractivity contribution in [2.24, 2.45) is 0 Å². The van der Waals surface area contributed by atoms with E-state index in [1.165, 1.54) is 34.9 Å². The second-order valence-electron chi connectivity index (χ2n) is 8.78. The molecule has 0 unspecified atom stereocenters. The van der Waals surface area contributed by atoms with E-state index in [0.717, 1.165) is 26.2 Å². The van der Waals surface area contributed by atoms with Gasteiger partial charge < -0.3 is 20.3 Å². The zero-order chi connectivity index (χ0) is 24.2. The van der Waals surface area contributed by atoms with Crippen molar-refractivity contribution in [2.75, 3.05) is 44.2 Å². The summed E-state index contributed by atoms with van der Waals surface area (Å²) in [4.78, 5) is 16.3. The Morgan fingerprint density at radius 3 is 2.80 bits per heavy atom. The minimum absolute atomic E-state index is 0.259. The van der Waals surface area contributed by atoms with Crippen molar-refractivity contribution < 1.29 is 13.9 Å². The molecule has 184 valence electrons. The molecule has 0 spiro atoms. The van der Waals surface area contributed by atoms with Gasteiger partial charge in [-0.15, -0.1) is 5.10 Å². The Hall–Kier alpha value is -3.31. The molecule has 3 heterocycles. The van der Waals surface area contributed by atoms with Gasteiger partial charge in [-0.2, -0.15) is 0 Å². The lowest BCUT2D eigenvalue weighted by Gasteiger charge is -2.26. The van der Waals surface area contributed by atoms with Gasteiger partial charge in [-0.25, -0.2) is 13.9 Å². The van der Waals surface area contributed by atoms with Crippen LogP contribution in [0.3, 0.4) is 0 Å². The molecule has 0 aliphatic carbocycles. The van der Waals surface area contributed by atoms with Gasteiger partial charge in [0, 0.05) is 13.1 Å². The molecular weight excluding hydrogens is 469 g/mol. The minimum atomic E-state index is -0.515. The van der Waals surface area contributed by atoms with Crippen molar-refractivity contribution in [2.45, 2.75) is 25.4 Å². The summed E-state index contributed by atoms with van der Waals surface area (Å²) < 4.78 is 21.9. The molecule has 0 radical (unpaired) electrons. The van der Waals surface area contributed by atoms with Gasteiger partial charge in [0.1, 0.15) is 17.3 Å². The molecule has 2 aromatic carbocycles. The molecule has 1 atom stereocenters. The first-order valence-corrected chi connectivity index (χ1v) is 12.3. The number of halogens is 1. The van der Waals surface area contributed by atoms with Crippen LogP contribution in [0.2, 0.25) is 0 Å². The highest BCUT2D eigenvalue weighted by molar-refractivity contribution is 7.80. The zero-order valence-corrected chi connectivity index (χ0v) is 20.1. The number of hydrogen-bond donors (Lipinski definition) is 2. The van der Waals surface area contributed by atoms with E-state index in [4.69, 9.17) is 17.0 Å². The molecular formula is C24H28FN7O2S. The molecule has 9 nitrogen and oxygen atoms in total. The lowest BCUT2D eigenvalue weighted by molar-refractivity contribution is 0.142. The van der Waals surface area contributed by atoms with Crippen LogP contribution >= 0.6 is 12.2 Å². The summed E-state index contributed by atoms with van der Waals surface area (Å²) >= 11 is 5.35. The summed E-state index contributed by atoms with van der Waals surface area (Å²) in [7, 11) is 0. The van der Waals surface area contributed by atoms with Gasteiger partial charge in [-0.05, 0) is 68.5 Å². The van der Waals surface area contributed by atoms with Crippen LogP contribution in [-0.4, -0.2) is 76.5 Å². The fourth-order valence-corrected chi connectivity index (χ4v) is 4.69. The number of aromatic nitrogens is 3. The van der Waals surface area contributed by atoms with Crippen molar-refractivity contribution in [3.63, 3.8) is 0 Å². The molecule has 2 aliphatic heterocycles. The van der Waals surface area contributed by atoms with Crippen molar-refractivity contribution >= 4 is 40.1 Å². The van der Waals surface area contributed by atoms with Crippen LogP contribution < -0.4 is 15.5 Å². The minimum Gasteiger partial charge on any atom is -0.442 e. The van der Waals surface area contributed by atoms with Gasteiger partial charge in [0.05, 0.1) is 24.3 Å². The number of thiocarbonyl (C=S) groups is 1. The van der Waals surface area contributed by atoms with E-state index in [2.05, 4.69) is 25.8 Å². The second kappa shape index (κ2) is 10.5. The molecule has 2 saturated heterocycles. The largest absolute Gasteiger partial charge is 0.442 e. The maximum atomic E-state index is 15.0. The number of amides is 1. The molecule has 2 fully saturated rings. The fourth-order valence-electron chi connectivity index (χ4n) is 4.50. The second-order valence-corrected chi connectivity index (χ2v) is 9.19. The molecule has 3 aromatic rings. The van der Waals surface area contributed by atoms with Crippen LogP contribution in [0.1, 0.15) is 19.3 Å². The summed E-state index contributed by atoms with van der Waals surface area (Å²) in [5, 5.41) is 15.0. The summed E-state index contributed by atoms with van der Waals surface area (Å²) in [5.74, 6) is -0.508. The predicted octanol–water partition coefficient (Wildman–Crippen LogP) is 2.83. The van der Waals surface area contributed by atoms with Gasteiger partial charge in [0.2, 0.25) is 0 Å². The maximum absolute atomic E-state index is 15.0. The van der Waals surface area contributed by atoms with Crippen LogP contribution in [-0.2, 0) is 4.74 Å². The monoisotopic (exact) mass is 497 g/mol. The number of hydrogen-bond acceptors (Lipinski definition) is 6. The molecule has 11 heteroatoms. The number of anilines is 1. The summed E-state index contributed by atoms with van der Waals surface area (Å²) in [6.45, 7) is 4.70. The van der Waals surface area contributed by atoms with Crippen LogP contribution in [0.5, 0.6) is 0 Å². The summed E-state index contributed by atoms with van der Waals surface area (Å²) in [6, 6.07) is 11.9. The molecule has 35 heavy (non-hydrogen) atoms. The van der Waals surface area contributed by atoms with E-state index < -0.39 is 18.0 Å². The number of para-hydroxylation sites is 1. The lowest BCUT2D eigenvalue weighted by Crippen LogP contribution is -2.44. The number of benzene rings is 2. The average Bonchev–Trinajstić information content (AvgIpc) is 3.47. The molecule has 1 aromatic heterocycles. The Morgan fingerprint density at radius 2 is 1.97 bits per heavy atom. The normalized spacial score (nSPS) is 18.6. The first-order valence-electron chi connectivity index (χ1n) is 11.9. The van der Waals surface area contributed by atoms with Crippen LogP contribution in [0.25, 0.3) is 16.7 Å². The Balaban J connectivity index is 1.14. The van der Waals surface area contributed by atoms with Crippen molar-refractivity contribution in [3.05, 3.63) is 48.3 Å². The Bertz CT molecular complexity index is 1210. The number of likely N-dealkylation sites (tertiary alicyclic amines) is 1. The Labute approximate surface area is 208 Å². The van der Waals surface area contributed by atoms with Gasteiger partial charge in [-0.3, -0.25) is 4.90 Å². The molecule has 2 aliphatic rings. The van der Waals surface area contributed by atoms with Crippen LogP contribution in [0, 0.1) is 5.82 Å². The maximum Gasteiger partial charge on any atom is 0.414 e. The topological polar surface area (TPSA) is 87.5 Å². The average molecular weight is 498 g/mol. The predicted molar refractivity (Wildman–Crippen MR) is 135 cm³/mol. The van der Waals surface area contributed by atoms with E-state index in [1.807, 2.05) is 24.3 Å².